The molecule has 3 aromatic heterocycles. The largest absolute Gasteiger partial charge is 0.414 e. The first-order valence-corrected chi connectivity index (χ1v) is 21.6. The molecule has 10 heteroatoms. The standard InChI is InChI=1S/C34H50N6O2Si2/c1-33(2,3)43(7,8)41-22-26-20-36-21-31(38-26)40-30-18-23(14-15-24(30)19-37-40)28-12-11-13-29(39-28)32(35)25-16-27(17-25)42-44(9,10)34(4,5)6/h11-15,18-21,25,27,32H,16-17,22,35H2,1-10H3/t25?,27?,32-/m0/s1. The Hall–Kier alpha value is -2.77. The lowest BCUT2D eigenvalue weighted by atomic mass is 9.76. The van der Waals surface area contributed by atoms with Crippen molar-refractivity contribution in [2.75, 3.05) is 0 Å². The number of rotatable bonds is 9. The average molecular weight is 631 g/mol. The zero-order chi connectivity index (χ0) is 32.1. The van der Waals surface area contributed by atoms with Gasteiger partial charge in [-0.1, -0.05) is 59.7 Å². The fourth-order valence-electron chi connectivity index (χ4n) is 5.03. The highest BCUT2D eigenvalue weighted by molar-refractivity contribution is 6.74. The van der Waals surface area contributed by atoms with E-state index in [1.54, 1.807) is 12.4 Å². The minimum atomic E-state index is -1.91. The molecule has 0 amide bonds. The number of hydrogen-bond donors (Lipinski definition) is 1. The molecule has 0 aliphatic heterocycles. The van der Waals surface area contributed by atoms with Gasteiger partial charge in [0, 0.05) is 17.1 Å². The predicted octanol–water partition coefficient (Wildman–Crippen LogP) is 8.20. The maximum absolute atomic E-state index is 6.78. The van der Waals surface area contributed by atoms with Crippen molar-refractivity contribution < 1.29 is 8.85 Å². The minimum Gasteiger partial charge on any atom is -0.414 e. The number of fused-ring (bicyclic) bond motifs is 1. The Labute approximate surface area is 265 Å². The number of nitrogens with zero attached hydrogens (tertiary/aromatic N) is 5. The van der Waals surface area contributed by atoms with E-state index in [9.17, 15) is 0 Å². The van der Waals surface area contributed by atoms with Gasteiger partial charge in [-0.15, -0.1) is 0 Å². The molecule has 0 radical (unpaired) electrons. The summed E-state index contributed by atoms with van der Waals surface area (Å²) < 4.78 is 14.9. The fourth-order valence-corrected chi connectivity index (χ4v) is 7.35. The summed E-state index contributed by atoms with van der Waals surface area (Å²) in [6.07, 6.45) is 7.66. The molecule has 8 nitrogen and oxygen atoms in total. The highest BCUT2D eigenvalue weighted by Gasteiger charge is 2.44. The summed E-state index contributed by atoms with van der Waals surface area (Å²) in [4.78, 5) is 14.4. The van der Waals surface area contributed by atoms with Crippen LogP contribution in [0.2, 0.25) is 36.3 Å². The normalized spacial score (nSPS) is 18.8. The Kier molecular flexibility index (Phi) is 8.80. The summed E-state index contributed by atoms with van der Waals surface area (Å²) in [5, 5.41) is 6.01. The Morgan fingerprint density at radius 3 is 2.30 bits per heavy atom. The van der Waals surface area contributed by atoms with Gasteiger partial charge in [0.15, 0.2) is 22.5 Å². The van der Waals surface area contributed by atoms with Crippen LogP contribution in [-0.4, -0.2) is 47.5 Å². The van der Waals surface area contributed by atoms with E-state index in [0.717, 1.165) is 46.4 Å². The first-order valence-electron chi connectivity index (χ1n) is 15.8. The van der Waals surface area contributed by atoms with Gasteiger partial charge in [-0.05, 0) is 73.2 Å². The molecular weight excluding hydrogens is 581 g/mol. The number of hydrogen-bond acceptors (Lipinski definition) is 7. The maximum atomic E-state index is 6.78. The van der Waals surface area contributed by atoms with E-state index in [4.69, 9.17) is 24.6 Å². The lowest BCUT2D eigenvalue weighted by Crippen LogP contribution is -2.49. The lowest BCUT2D eigenvalue weighted by molar-refractivity contribution is 0.0395. The van der Waals surface area contributed by atoms with Crippen LogP contribution in [0.25, 0.3) is 28.0 Å². The molecule has 44 heavy (non-hydrogen) atoms. The van der Waals surface area contributed by atoms with Crippen LogP contribution in [0.3, 0.4) is 0 Å². The lowest BCUT2D eigenvalue weighted by Gasteiger charge is -2.46. The zero-order valence-electron chi connectivity index (χ0n) is 28.2. The van der Waals surface area contributed by atoms with Gasteiger partial charge in [0.05, 0.1) is 53.8 Å². The molecule has 1 fully saturated rings. The Bertz CT molecular complexity index is 1620. The Balaban J connectivity index is 1.32. The molecule has 1 saturated carbocycles. The van der Waals surface area contributed by atoms with Crippen molar-refractivity contribution in [3.63, 3.8) is 0 Å². The number of pyridine rings is 1. The van der Waals surface area contributed by atoms with Crippen molar-refractivity contribution in [1.29, 1.82) is 0 Å². The molecule has 5 rings (SSSR count). The molecule has 2 N–H and O–H groups in total. The van der Waals surface area contributed by atoms with Gasteiger partial charge in [-0.25, -0.2) is 9.67 Å². The first kappa shape index (κ1) is 32.6. The van der Waals surface area contributed by atoms with Crippen LogP contribution in [0, 0.1) is 5.92 Å². The van der Waals surface area contributed by atoms with Crippen molar-refractivity contribution in [3.05, 3.63) is 66.4 Å². The molecule has 1 aliphatic carbocycles. The number of aromatic nitrogens is 5. The van der Waals surface area contributed by atoms with E-state index in [0.29, 0.717) is 24.4 Å². The molecule has 0 saturated heterocycles. The fraction of sp³-hybridized carbons (Fsp3) is 0.529. The van der Waals surface area contributed by atoms with E-state index < -0.39 is 16.6 Å². The Morgan fingerprint density at radius 2 is 1.61 bits per heavy atom. The van der Waals surface area contributed by atoms with Crippen LogP contribution in [0.5, 0.6) is 0 Å². The SMILES string of the molecule is CC(C)(C)[Si](C)(C)OCc1cncc(-n2ncc3ccc(-c4cccc([C@@H](N)C5CC(O[Si](C)(C)C(C)(C)C)C5)n4)cc32)n1. The van der Waals surface area contributed by atoms with Crippen molar-refractivity contribution in [1.82, 2.24) is 24.7 Å². The second kappa shape index (κ2) is 11.9. The quantitative estimate of drug-likeness (QED) is 0.186. The zero-order valence-corrected chi connectivity index (χ0v) is 30.2. The second-order valence-corrected chi connectivity index (χ2v) is 25.0. The van der Waals surface area contributed by atoms with Crippen LogP contribution in [-0.2, 0) is 15.5 Å². The monoisotopic (exact) mass is 630 g/mol. The topological polar surface area (TPSA) is 101 Å². The maximum Gasteiger partial charge on any atom is 0.192 e. The van der Waals surface area contributed by atoms with Crippen molar-refractivity contribution in [3.8, 4) is 17.1 Å². The summed E-state index contributed by atoms with van der Waals surface area (Å²) in [5.74, 6) is 1.04. The molecule has 236 valence electrons. The third-order valence-electron chi connectivity index (χ3n) is 10.2. The highest BCUT2D eigenvalue weighted by Crippen LogP contribution is 2.44. The van der Waals surface area contributed by atoms with Crippen molar-refractivity contribution in [2.24, 2.45) is 11.7 Å². The van der Waals surface area contributed by atoms with Crippen LogP contribution in [0.15, 0.2) is 55.0 Å². The van der Waals surface area contributed by atoms with E-state index in [2.05, 4.69) is 102 Å². The van der Waals surface area contributed by atoms with Gasteiger partial charge < -0.3 is 14.6 Å². The van der Waals surface area contributed by atoms with Gasteiger partial charge in [0.2, 0.25) is 0 Å². The first-order chi connectivity index (χ1) is 20.4. The van der Waals surface area contributed by atoms with Crippen LogP contribution in [0.4, 0.5) is 0 Å². The van der Waals surface area contributed by atoms with E-state index in [-0.39, 0.29) is 16.1 Å². The summed E-state index contributed by atoms with van der Waals surface area (Å²) in [6.45, 7) is 23.1. The smallest absolute Gasteiger partial charge is 0.192 e. The molecule has 4 aromatic rings. The predicted molar refractivity (Wildman–Crippen MR) is 184 cm³/mol. The van der Waals surface area contributed by atoms with Crippen molar-refractivity contribution >= 4 is 27.5 Å². The van der Waals surface area contributed by atoms with Crippen LogP contribution < -0.4 is 5.73 Å². The third kappa shape index (κ3) is 6.74. The molecule has 0 bridgehead atoms. The summed E-state index contributed by atoms with van der Waals surface area (Å²) in [5.41, 5.74) is 11.3. The van der Waals surface area contributed by atoms with Gasteiger partial charge in [-0.3, -0.25) is 9.97 Å². The summed E-state index contributed by atoms with van der Waals surface area (Å²) >= 11 is 0. The summed E-state index contributed by atoms with van der Waals surface area (Å²) in [7, 11) is -3.69. The molecule has 0 unspecified atom stereocenters. The number of benzene rings is 1. The summed E-state index contributed by atoms with van der Waals surface area (Å²) in [6, 6.07) is 12.3. The minimum absolute atomic E-state index is 0.116. The molecule has 3 heterocycles. The Morgan fingerprint density at radius 1 is 0.909 bits per heavy atom. The van der Waals surface area contributed by atoms with E-state index >= 15 is 0 Å². The van der Waals surface area contributed by atoms with Gasteiger partial charge in [-0.2, -0.15) is 5.10 Å². The van der Waals surface area contributed by atoms with Crippen molar-refractivity contribution in [2.45, 2.75) is 109 Å². The van der Waals surface area contributed by atoms with Gasteiger partial charge in [0.25, 0.3) is 0 Å². The highest BCUT2D eigenvalue weighted by atomic mass is 28.4. The van der Waals surface area contributed by atoms with E-state index in [1.165, 1.54) is 0 Å². The molecule has 1 atom stereocenters. The third-order valence-corrected chi connectivity index (χ3v) is 19.2. The number of nitrogens with two attached hydrogens (primary N) is 1. The average Bonchev–Trinajstić information content (AvgIpc) is 3.36. The second-order valence-electron chi connectivity index (χ2n) is 15.5. The van der Waals surface area contributed by atoms with Gasteiger partial charge in [0.1, 0.15) is 0 Å². The molecule has 0 spiro atoms. The van der Waals surface area contributed by atoms with Gasteiger partial charge >= 0.3 is 0 Å². The molecule has 1 aromatic carbocycles. The molecular formula is C34H50N6O2Si2. The molecule has 1 aliphatic rings. The van der Waals surface area contributed by atoms with Crippen LogP contribution >= 0.6 is 0 Å². The van der Waals surface area contributed by atoms with Crippen LogP contribution in [0.1, 0.15) is 71.8 Å². The van der Waals surface area contributed by atoms with E-state index in [1.807, 2.05) is 23.0 Å².